The Morgan fingerprint density at radius 2 is 1.92 bits per heavy atom. The molecule has 2 amide bonds. The van der Waals surface area contributed by atoms with Gasteiger partial charge in [0.25, 0.3) is 21.8 Å². The minimum Gasteiger partial charge on any atom is -0.481 e. The number of carbonyl (C=O) groups is 3. The van der Waals surface area contributed by atoms with Crippen molar-refractivity contribution in [1.82, 2.24) is 9.62 Å². The van der Waals surface area contributed by atoms with E-state index in [4.69, 9.17) is 5.11 Å². The summed E-state index contributed by atoms with van der Waals surface area (Å²) >= 11 is 0. The molecular formula is C15H18N2O6S. The number of carboxylic acid groups (broad SMARTS) is 1. The van der Waals surface area contributed by atoms with Gasteiger partial charge in [0.2, 0.25) is 0 Å². The van der Waals surface area contributed by atoms with Crippen LogP contribution in [-0.4, -0.2) is 48.2 Å². The van der Waals surface area contributed by atoms with Gasteiger partial charge in [-0.1, -0.05) is 0 Å². The Labute approximate surface area is 139 Å². The molecule has 0 radical (unpaired) electrons. The van der Waals surface area contributed by atoms with Crippen molar-refractivity contribution in [2.45, 2.75) is 31.7 Å². The number of aliphatic carboxylic acids is 1. The molecule has 1 aromatic carbocycles. The second-order valence-corrected chi connectivity index (χ2v) is 7.41. The number of hydrogen-bond acceptors (Lipinski definition) is 5. The van der Waals surface area contributed by atoms with E-state index in [1.54, 1.807) is 13.8 Å². The van der Waals surface area contributed by atoms with Crippen LogP contribution in [0.15, 0.2) is 23.1 Å². The molecule has 2 atom stereocenters. The first-order chi connectivity index (χ1) is 11.1. The zero-order chi connectivity index (χ0) is 18.2. The van der Waals surface area contributed by atoms with Crippen molar-refractivity contribution in [3.8, 4) is 0 Å². The van der Waals surface area contributed by atoms with E-state index in [0.717, 1.165) is 10.4 Å². The zero-order valence-corrected chi connectivity index (χ0v) is 14.3. The lowest BCUT2D eigenvalue weighted by Crippen LogP contribution is -2.40. The van der Waals surface area contributed by atoms with Crippen LogP contribution in [0.1, 0.15) is 41.5 Å². The minimum atomic E-state index is -3.95. The predicted octanol–water partition coefficient (Wildman–Crippen LogP) is 0.690. The molecule has 0 saturated carbocycles. The molecule has 0 fully saturated rings. The molecule has 130 valence electrons. The van der Waals surface area contributed by atoms with E-state index in [2.05, 4.69) is 5.32 Å². The summed E-state index contributed by atoms with van der Waals surface area (Å²) in [5, 5.41) is 11.5. The first-order valence-electron chi connectivity index (χ1n) is 7.36. The van der Waals surface area contributed by atoms with E-state index in [1.807, 2.05) is 0 Å². The van der Waals surface area contributed by atoms with Gasteiger partial charge in [0.15, 0.2) is 0 Å². The third-order valence-electron chi connectivity index (χ3n) is 4.05. The van der Waals surface area contributed by atoms with E-state index in [1.165, 1.54) is 19.1 Å². The number of rotatable bonds is 5. The second-order valence-electron chi connectivity index (χ2n) is 5.57. The van der Waals surface area contributed by atoms with Crippen LogP contribution in [0.5, 0.6) is 0 Å². The molecule has 1 heterocycles. The fourth-order valence-electron chi connectivity index (χ4n) is 2.36. The minimum absolute atomic E-state index is 0.00450. The molecule has 2 rings (SSSR count). The van der Waals surface area contributed by atoms with Crippen LogP contribution in [0.2, 0.25) is 0 Å². The highest BCUT2D eigenvalue weighted by atomic mass is 32.2. The van der Waals surface area contributed by atoms with Gasteiger partial charge >= 0.3 is 5.97 Å². The Morgan fingerprint density at radius 1 is 1.29 bits per heavy atom. The summed E-state index contributed by atoms with van der Waals surface area (Å²) in [5.74, 6) is -3.07. The standard InChI is InChI=1S/C15H18N2O6S/c1-4-17-14(19)11-6-5-10(7-12(11)24(17,22)23)13(18)16-9(3)8(2)15(20)21/h5-9H,4H2,1-3H3,(H,16,18)(H,20,21). The van der Waals surface area contributed by atoms with Gasteiger partial charge in [-0.05, 0) is 39.0 Å². The molecule has 9 heteroatoms. The fourth-order valence-corrected chi connectivity index (χ4v) is 3.96. The van der Waals surface area contributed by atoms with E-state index < -0.39 is 39.8 Å². The van der Waals surface area contributed by atoms with Crippen LogP contribution >= 0.6 is 0 Å². The molecule has 0 aliphatic carbocycles. The highest BCUT2D eigenvalue weighted by Crippen LogP contribution is 2.30. The average Bonchev–Trinajstić information content (AvgIpc) is 2.72. The number of carbonyl (C=O) groups excluding carboxylic acids is 2. The molecule has 1 aromatic rings. The van der Waals surface area contributed by atoms with Gasteiger partial charge in [-0.2, -0.15) is 0 Å². The Kier molecular flexibility index (Phi) is 4.66. The highest BCUT2D eigenvalue weighted by molar-refractivity contribution is 7.90. The van der Waals surface area contributed by atoms with Crippen molar-refractivity contribution in [2.24, 2.45) is 5.92 Å². The zero-order valence-electron chi connectivity index (χ0n) is 13.4. The molecule has 8 nitrogen and oxygen atoms in total. The van der Waals surface area contributed by atoms with Gasteiger partial charge in [0, 0.05) is 18.2 Å². The molecule has 2 N–H and O–H groups in total. The smallest absolute Gasteiger partial charge is 0.308 e. The predicted molar refractivity (Wildman–Crippen MR) is 84.1 cm³/mol. The molecule has 1 aliphatic rings. The monoisotopic (exact) mass is 354 g/mol. The van der Waals surface area contributed by atoms with Crippen LogP contribution in [0, 0.1) is 5.92 Å². The quantitative estimate of drug-likeness (QED) is 0.802. The van der Waals surface area contributed by atoms with Gasteiger partial charge in [-0.25, -0.2) is 12.7 Å². The second kappa shape index (κ2) is 6.23. The molecule has 24 heavy (non-hydrogen) atoms. The van der Waals surface area contributed by atoms with E-state index in [-0.39, 0.29) is 22.6 Å². The number of sulfonamides is 1. The molecule has 0 aromatic heterocycles. The van der Waals surface area contributed by atoms with Crippen molar-refractivity contribution in [2.75, 3.05) is 6.54 Å². The molecule has 0 bridgehead atoms. The third-order valence-corrected chi connectivity index (χ3v) is 5.95. The number of benzene rings is 1. The molecular weight excluding hydrogens is 336 g/mol. The lowest BCUT2D eigenvalue weighted by molar-refractivity contribution is -0.141. The summed E-state index contributed by atoms with van der Waals surface area (Å²) in [5.41, 5.74) is 0.0767. The number of carboxylic acids is 1. The Bertz CT molecular complexity index is 817. The summed E-state index contributed by atoms with van der Waals surface area (Å²) in [4.78, 5) is 35.0. The van der Waals surface area contributed by atoms with Gasteiger partial charge in [0.05, 0.1) is 11.5 Å². The van der Waals surface area contributed by atoms with Crippen molar-refractivity contribution in [1.29, 1.82) is 0 Å². The normalized spacial score (nSPS) is 18.0. The lowest BCUT2D eigenvalue weighted by Gasteiger charge is -2.17. The number of nitrogens with zero attached hydrogens (tertiary/aromatic N) is 1. The summed E-state index contributed by atoms with van der Waals surface area (Å²) in [6.45, 7) is 4.55. The number of fused-ring (bicyclic) bond motifs is 1. The van der Waals surface area contributed by atoms with Crippen LogP contribution in [-0.2, 0) is 14.8 Å². The molecule has 0 spiro atoms. The van der Waals surface area contributed by atoms with E-state index in [0.29, 0.717) is 0 Å². The Hall–Kier alpha value is -2.42. The average molecular weight is 354 g/mol. The molecule has 2 unspecified atom stereocenters. The van der Waals surface area contributed by atoms with Gasteiger partial charge in [0.1, 0.15) is 4.90 Å². The maximum Gasteiger partial charge on any atom is 0.308 e. The Balaban J connectivity index is 2.32. The van der Waals surface area contributed by atoms with Crippen LogP contribution in [0.4, 0.5) is 0 Å². The van der Waals surface area contributed by atoms with Crippen molar-refractivity contribution < 1.29 is 27.9 Å². The van der Waals surface area contributed by atoms with Gasteiger partial charge in [-0.15, -0.1) is 0 Å². The number of hydrogen-bond donors (Lipinski definition) is 2. The SMILES string of the molecule is CCN1C(=O)c2ccc(C(=O)NC(C)C(C)C(=O)O)cc2S1(=O)=O. The summed E-state index contributed by atoms with van der Waals surface area (Å²) < 4.78 is 25.4. The van der Waals surface area contributed by atoms with Crippen molar-refractivity contribution in [3.63, 3.8) is 0 Å². The third kappa shape index (κ3) is 2.86. The number of nitrogens with one attached hydrogen (secondary N) is 1. The van der Waals surface area contributed by atoms with Gasteiger partial charge < -0.3 is 10.4 Å². The maximum atomic E-state index is 12.3. The lowest BCUT2D eigenvalue weighted by atomic mass is 10.0. The summed E-state index contributed by atoms with van der Waals surface area (Å²) in [6, 6.07) is 3.14. The van der Waals surface area contributed by atoms with Crippen molar-refractivity contribution in [3.05, 3.63) is 29.3 Å². The molecule has 0 saturated heterocycles. The van der Waals surface area contributed by atoms with Crippen molar-refractivity contribution >= 4 is 27.8 Å². The molecule has 1 aliphatic heterocycles. The van der Waals surface area contributed by atoms with E-state index >= 15 is 0 Å². The number of amides is 2. The first-order valence-corrected chi connectivity index (χ1v) is 8.80. The van der Waals surface area contributed by atoms with Crippen LogP contribution in [0.3, 0.4) is 0 Å². The van der Waals surface area contributed by atoms with Gasteiger partial charge in [-0.3, -0.25) is 14.4 Å². The summed E-state index contributed by atoms with van der Waals surface area (Å²) in [6.07, 6.45) is 0. The first kappa shape index (κ1) is 17.9. The fraction of sp³-hybridized carbons (Fsp3) is 0.400. The Morgan fingerprint density at radius 3 is 2.46 bits per heavy atom. The topological polar surface area (TPSA) is 121 Å². The maximum absolute atomic E-state index is 12.3. The largest absolute Gasteiger partial charge is 0.481 e. The highest BCUT2D eigenvalue weighted by Gasteiger charge is 2.40. The van der Waals surface area contributed by atoms with E-state index in [9.17, 15) is 22.8 Å². The van der Waals surface area contributed by atoms with Crippen LogP contribution < -0.4 is 5.32 Å². The summed E-state index contributed by atoms with van der Waals surface area (Å²) in [7, 11) is -3.95. The van der Waals surface area contributed by atoms with Crippen LogP contribution in [0.25, 0.3) is 0 Å².